The van der Waals surface area contributed by atoms with Crippen molar-refractivity contribution in [2.24, 2.45) is 0 Å². The number of nitrogens with one attached hydrogen (secondary N) is 2. The highest BCUT2D eigenvalue weighted by Crippen LogP contribution is 2.30. The van der Waals surface area contributed by atoms with Crippen LogP contribution in [-0.2, 0) is 14.3 Å². The van der Waals surface area contributed by atoms with Crippen LogP contribution < -0.4 is 15.5 Å². The number of aromatic nitrogens is 1. The van der Waals surface area contributed by atoms with Crippen molar-refractivity contribution < 1.29 is 14.3 Å². The molecule has 7 nitrogen and oxygen atoms in total. The molecule has 1 unspecified atom stereocenters. The third kappa shape index (κ3) is 7.88. The molecule has 36 heavy (non-hydrogen) atoms. The molecule has 0 spiro atoms. The standard InChI is InChI=1S/C25H23Cl3N4O3S/c1-17(34)35-16-32(21-11-5-9-20-10-6-12-29-22(20)21)24(36)31-23(25(26,27)28)30-14-19(15-33)13-18-7-3-2-4-8-18/h2-13,15,23,30H,14,16H2,1H3,(H,31,36)/b19-13-. The molecule has 0 aliphatic heterocycles. The number of aldehydes is 1. The highest BCUT2D eigenvalue weighted by atomic mass is 35.6. The van der Waals surface area contributed by atoms with E-state index in [1.165, 1.54) is 11.8 Å². The Bertz CT molecular complexity index is 1250. The zero-order chi connectivity index (χ0) is 26.1. The van der Waals surface area contributed by atoms with Crippen molar-refractivity contribution in [3.63, 3.8) is 0 Å². The van der Waals surface area contributed by atoms with Gasteiger partial charge in [-0.05, 0) is 36.0 Å². The number of halogens is 3. The summed E-state index contributed by atoms with van der Waals surface area (Å²) in [6, 6.07) is 18.6. The van der Waals surface area contributed by atoms with Crippen LogP contribution >= 0.6 is 47.0 Å². The molecule has 0 aliphatic rings. The molecule has 0 bridgehead atoms. The molecule has 188 valence electrons. The molecule has 0 amide bonds. The Morgan fingerprint density at radius 3 is 2.53 bits per heavy atom. The summed E-state index contributed by atoms with van der Waals surface area (Å²) in [5.74, 6) is -0.492. The zero-order valence-electron chi connectivity index (χ0n) is 19.2. The number of ether oxygens (including phenoxy) is 1. The molecule has 0 saturated heterocycles. The molecule has 1 aromatic heterocycles. The number of alkyl halides is 3. The lowest BCUT2D eigenvalue weighted by Gasteiger charge is -2.32. The van der Waals surface area contributed by atoms with Gasteiger partial charge in [0.05, 0.1) is 11.2 Å². The van der Waals surface area contributed by atoms with Crippen molar-refractivity contribution in [3.05, 3.63) is 78.0 Å². The Morgan fingerprint density at radius 2 is 1.86 bits per heavy atom. The van der Waals surface area contributed by atoms with E-state index in [0.717, 1.165) is 17.2 Å². The zero-order valence-corrected chi connectivity index (χ0v) is 22.2. The minimum absolute atomic E-state index is 0.0896. The summed E-state index contributed by atoms with van der Waals surface area (Å²) in [6.07, 6.45) is 3.10. The molecular formula is C25H23Cl3N4O3S. The number of fused-ring (bicyclic) bond motifs is 1. The molecule has 1 heterocycles. The van der Waals surface area contributed by atoms with Gasteiger partial charge in [-0.25, -0.2) is 0 Å². The van der Waals surface area contributed by atoms with Gasteiger partial charge in [0.15, 0.2) is 11.8 Å². The van der Waals surface area contributed by atoms with E-state index in [2.05, 4.69) is 15.6 Å². The van der Waals surface area contributed by atoms with E-state index in [0.29, 0.717) is 16.8 Å². The predicted molar refractivity (Wildman–Crippen MR) is 149 cm³/mol. The Labute approximate surface area is 229 Å². The molecular weight excluding hydrogens is 543 g/mol. The molecule has 0 radical (unpaired) electrons. The highest BCUT2D eigenvalue weighted by molar-refractivity contribution is 7.80. The van der Waals surface area contributed by atoms with Gasteiger partial charge in [-0.15, -0.1) is 0 Å². The first-order valence-electron chi connectivity index (χ1n) is 10.7. The summed E-state index contributed by atoms with van der Waals surface area (Å²) >= 11 is 24.3. The lowest BCUT2D eigenvalue weighted by molar-refractivity contribution is -0.140. The van der Waals surface area contributed by atoms with Crippen molar-refractivity contribution in [1.82, 2.24) is 15.6 Å². The molecule has 0 aliphatic carbocycles. The third-order valence-corrected chi connectivity index (χ3v) is 5.95. The number of benzene rings is 2. The number of nitrogens with zero attached hydrogens (tertiary/aromatic N) is 2. The normalized spacial score (nSPS) is 12.6. The van der Waals surface area contributed by atoms with Gasteiger partial charge in [0.2, 0.25) is 3.79 Å². The fourth-order valence-electron chi connectivity index (χ4n) is 3.26. The largest absolute Gasteiger partial charge is 0.444 e. The van der Waals surface area contributed by atoms with Crippen molar-refractivity contribution in [1.29, 1.82) is 0 Å². The number of esters is 1. The highest BCUT2D eigenvalue weighted by Gasteiger charge is 2.34. The summed E-state index contributed by atoms with van der Waals surface area (Å²) < 4.78 is 3.38. The Morgan fingerprint density at radius 1 is 1.14 bits per heavy atom. The number of anilines is 1. The average Bonchev–Trinajstić information content (AvgIpc) is 2.85. The van der Waals surface area contributed by atoms with E-state index in [1.807, 2.05) is 54.6 Å². The number of para-hydroxylation sites is 1. The smallest absolute Gasteiger partial charge is 0.304 e. The molecule has 3 aromatic rings. The van der Waals surface area contributed by atoms with Gasteiger partial charge in [0.25, 0.3) is 0 Å². The number of carbonyl (C=O) groups is 2. The van der Waals surface area contributed by atoms with Crippen LogP contribution in [0.25, 0.3) is 17.0 Å². The predicted octanol–water partition coefficient (Wildman–Crippen LogP) is 5.00. The van der Waals surface area contributed by atoms with Crippen LogP contribution in [0.4, 0.5) is 5.69 Å². The van der Waals surface area contributed by atoms with E-state index < -0.39 is 15.9 Å². The number of hydrogen-bond acceptors (Lipinski definition) is 6. The second-order valence-corrected chi connectivity index (χ2v) is 10.4. The van der Waals surface area contributed by atoms with E-state index >= 15 is 0 Å². The van der Waals surface area contributed by atoms with Crippen LogP contribution in [0.5, 0.6) is 0 Å². The minimum atomic E-state index is -1.85. The van der Waals surface area contributed by atoms with Crippen LogP contribution in [0.15, 0.2) is 72.4 Å². The van der Waals surface area contributed by atoms with Gasteiger partial charge >= 0.3 is 5.97 Å². The fourth-order valence-corrected chi connectivity index (χ4v) is 3.92. The van der Waals surface area contributed by atoms with E-state index in [9.17, 15) is 9.59 Å². The van der Waals surface area contributed by atoms with E-state index in [-0.39, 0.29) is 18.4 Å². The fraction of sp³-hybridized carbons (Fsp3) is 0.200. The maximum Gasteiger partial charge on any atom is 0.304 e. The quantitative estimate of drug-likeness (QED) is 0.0936. The molecule has 0 fully saturated rings. The van der Waals surface area contributed by atoms with E-state index in [1.54, 1.807) is 18.3 Å². The summed E-state index contributed by atoms with van der Waals surface area (Å²) in [5, 5.41) is 6.98. The first-order chi connectivity index (χ1) is 17.2. The summed E-state index contributed by atoms with van der Waals surface area (Å²) in [7, 11) is 0. The average molecular weight is 566 g/mol. The first kappa shape index (κ1) is 27.8. The molecule has 0 saturated carbocycles. The van der Waals surface area contributed by atoms with Gasteiger partial charge in [-0.2, -0.15) is 0 Å². The number of pyridine rings is 1. The van der Waals surface area contributed by atoms with Gasteiger partial charge < -0.3 is 10.1 Å². The summed E-state index contributed by atoms with van der Waals surface area (Å²) in [5.41, 5.74) is 2.52. The topological polar surface area (TPSA) is 83.6 Å². The molecule has 1 atom stereocenters. The number of thiocarbonyl (C=S) groups is 1. The van der Waals surface area contributed by atoms with Crippen molar-refractivity contribution >= 4 is 87.1 Å². The Balaban J connectivity index is 1.84. The van der Waals surface area contributed by atoms with E-state index in [4.69, 9.17) is 51.8 Å². The molecule has 2 N–H and O–H groups in total. The van der Waals surface area contributed by atoms with Crippen LogP contribution in [0.2, 0.25) is 0 Å². The number of rotatable bonds is 9. The van der Waals surface area contributed by atoms with Crippen LogP contribution in [0.3, 0.4) is 0 Å². The van der Waals surface area contributed by atoms with Crippen molar-refractivity contribution in [3.8, 4) is 0 Å². The Kier molecular flexibility index (Phi) is 10.0. The first-order valence-corrected chi connectivity index (χ1v) is 12.3. The number of carbonyl (C=O) groups excluding carboxylic acids is 2. The molecule has 2 aromatic carbocycles. The van der Waals surface area contributed by atoms with Gasteiger partial charge in [-0.3, -0.25) is 24.8 Å². The SMILES string of the molecule is CC(=O)OCN(C(=S)NC(NC/C(C=O)=C/c1ccccc1)C(Cl)(Cl)Cl)c1cccc2cccnc12. The van der Waals surface area contributed by atoms with Crippen LogP contribution in [0.1, 0.15) is 12.5 Å². The van der Waals surface area contributed by atoms with Crippen LogP contribution in [0, 0.1) is 0 Å². The lowest BCUT2D eigenvalue weighted by atomic mass is 10.1. The maximum atomic E-state index is 11.6. The maximum absolute atomic E-state index is 11.6. The van der Waals surface area contributed by atoms with Crippen LogP contribution in [-0.4, -0.2) is 45.6 Å². The van der Waals surface area contributed by atoms with Gasteiger partial charge in [0, 0.05) is 30.6 Å². The lowest BCUT2D eigenvalue weighted by Crippen LogP contribution is -2.57. The Hall–Kier alpha value is -2.75. The van der Waals surface area contributed by atoms with Gasteiger partial charge in [-0.1, -0.05) is 83.3 Å². The molecule has 3 rings (SSSR count). The second-order valence-electron chi connectivity index (χ2n) is 7.60. The minimum Gasteiger partial charge on any atom is -0.444 e. The third-order valence-electron chi connectivity index (χ3n) is 4.95. The van der Waals surface area contributed by atoms with Crippen molar-refractivity contribution in [2.45, 2.75) is 16.9 Å². The van der Waals surface area contributed by atoms with Crippen molar-refractivity contribution in [2.75, 3.05) is 18.2 Å². The second kappa shape index (κ2) is 13.0. The summed E-state index contributed by atoms with van der Waals surface area (Å²) in [4.78, 5) is 29.2. The monoisotopic (exact) mass is 564 g/mol. The summed E-state index contributed by atoms with van der Waals surface area (Å²) in [6.45, 7) is 1.19. The van der Waals surface area contributed by atoms with Gasteiger partial charge in [0.1, 0.15) is 12.5 Å². The molecule has 11 heteroatoms. The number of hydrogen-bond donors (Lipinski definition) is 2.